The number of aryl methyl sites for hydroxylation is 1. The summed E-state index contributed by atoms with van der Waals surface area (Å²) in [5, 5.41) is 0. The molecule has 30 heavy (non-hydrogen) atoms. The van der Waals surface area contributed by atoms with Gasteiger partial charge < -0.3 is 14.2 Å². The first-order chi connectivity index (χ1) is 14.5. The fraction of sp³-hybridized carbons (Fsp3) is 0.217. The molecule has 0 aliphatic carbocycles. The van der Waals surface area contributed by atoms with Gasteiger partial charge >= 0.3 is 0 Å². The molecule has 6 nitrogen and oxygen atoms in total. The van der Waals surface area contributed by atoms with Crippen LogP contribution in [0.25, 0.3) is 0 Å². The smallest absolute Gasteiger partial charge is 0.264 e. The third-order valence-corrected chi connectivity index (χ3v) is 6.79. The minimum absolute atomic E-state index is 0.131. The van der Waals surface area contributed by atoms with Crippen LogP contribution >= 0.6 is 0 Å². The molecule has 0 saturated heterocycles. The molecule has 3 aromatic rings. The molecule has 0 fully saturated rings. The van der Waals surface area contributed by atoms with E-state index in [0.29, 0.717) is 36.1 Å². The van der Waals surface area contributed by atoms with Crippen LogP contribution in [0.4, 0.5) is 5.69 Å². The third-order valence-electron chi connectivity index (χ3n) is 5.03. The molecule has 1 aliphatic heterocycles. The molecule has 1 aliphatic rings. The fourth-order valence-electron chi connectivity index (χ4n) is 3.39. The Hall–Kier alpha value is -3.19. The molecule has 0 atom stereocenters. The SMILES string of the molecule is COc1ccccc1N(Cc1ccccc1C)S(=O)(=O)c1ccc2c(c1)OCCO2. The summed E-state index contributed by atoms with van der Waals surface area (Å²) in [4.78, 5) is 0.131. The van der Waals surface area contributed by atoms with Gasteiger partial charge in [-0.1, -0.05) is 36.4 Å². The zero-order chi connectivity index (χ0) is 21.1. The van der Waals surface area contributed by atoms with E-state index in [9.17, 15) is 8.42 Å². The Bertz CT molecular complexity index is 1160. The Balaban J connectivity index is 1.83. The van der Waals surface area contributed by atoms with Crippen LogP contribution in [0.15, 0.2) is 71.6 Å². The highest BCUT2D eigenvalue weighted by Gasteiger charge is 2.29. The van der Waals surface area contributed by atoms with Crippen molar-refractivity contribution in [3.63, 3.8) is 0 Å². The van der Waals surface area contributed by atoms with Gasteiger partial charge in [0.15, 0.2) is 11.5 Å². The van der Waals surface area contributed by atoms with E-state index in [0.717, 1.165) is 11.1 Å². The number of benzene rings is 3. The monoisotopic (exact) mass is 425 g/mol. The number of methoxy groups -OCH3 is 1. The van der Waals surface area contributed by atoms with Crippen molar-refractivity contribution in [2.75, 3.05) is 24.6 Å². The summed E-state index contributed by atoms with van der Waals surface area (Å²) in [6.45, 7) is 2.96. The van der Waals surface area contributed by atoms with Crippen molar-refractivity contribution in [2.24, 2.45) is 0 Å². The maximum absolute atomic E-state index is 13.8. The van der Waals surface area contributed by atoms with E-state index in [4.69, 9.17) is 14.2 Å². The second kappa shape index (κ2) is 8.28. The topological polar surface area (TPSA) is 65.1 Å². The number of sulfonamides is 1. The lowest BCUT2D eigenvalue weighted by Crippen LogP contribution is -2.31. The van der Waals surface area contributed by atoms with Crippen LogP contribution < -0.4 is 18.5 Å². The molecule has 3 aromatic carbocycles. The second-order valence-corrected chi connectivity index (χ2v) is 8.78. The summed E-state index contributed by atoms with van der Waals surface area (Å²) in [5.74, 6) is 1.45. The molecule has 0 bridgehead atoms. The Morgan fingerprint density at radius 2 is 1.63 bits per heavy atom. The van der Waals surface area contributed by atoms with Crippen LogP contribution in [0.1, 0.15) is 11.1 Å². The van der Waals surface area contributed by atoms with Crippen LogP contribution in [0.2, 0.25) is 0 Å². The number of para-hydroxylation sites is 2. The van der Waals surface area contributed by atoms with Crippen molar-refractivity contribution in [1.82, 2.24) is 0 Å². The van der Waals surface area contributed by atoms with Crippen molar-refractivity contribution in [3.8, 4) is 17.2 Å². The van der Waals surface area contributed by atoms with Crippen molar-refractivity contribution in [1.29, 1.82) is 0 Å². The van der Waals surface area contributed by atoms with Gasteiger partial charge in [0.05, 0.1) is 24.2 Å². The number of nitrogens with zero attached hydrogens (tertiary/aromatic N) is 1. The number of ether oxygens (including phenoxy) is 3. The van der Waals surface area contributed by atoms with Gasteiger partial charge in [-0.3, -0.25) is 4.31 Å². The van der Waals surface area contributed by atoms with E-state index in [1.807, 2.05) is 37.3 Å². The Morgan fingerprint density at radius 3 is 2.40 bits per heavy atom. The van der Waals surface area contributed by atoms with Crippen molar-refractivity contribution >= 4 is 15.7 Å². The maximum Gasteiger partial charge on any atom is 0.264 e. The Labute approximate surface area is 176 Å². The predicted molar refractivity (Wildman–Crippen MR) is 115 cm³/mol. The molecule has 0 radical (unpaired) electrons. The summed E-state index contributed by atoms with van der Waals surface area (Å²) in [7, 11) is -2.39. The van der Waals surface area contributed by atoms with Gasteiger partial charge in [-0.15, -0.1) is 0 Å². The quantitative estimate of drug-likeness (QED) is 0.593. The zero-order valence-corrected chi connectivity index (χ0v) is 17.7. The average Bonchev–Trinajstić information content (AvgIpc) is 2.78. The van der Waals surface area contributed by atoms with Crippen LogP contribution in [0.5, 0.6) is 17.2 Å². The summed E-state index contributed by atoms with van der Waals surface area (Å²) in [6, 6.07) is 19.5. The van der Waals surface area contributed by atoms with Gasteiger partial charge in [0.25, 0.3) is 10.0 Å². The summed E-state index contributed by atoms with van der Waals surface area (Å²) in [5.41, 5.74) is 2.39. The van der Waals surface area contributed by atoms with Gasteiger partial charge in [0.2, 0.25) is 0 Å². The first kappa shape index (κ1) is 20.1. The number of fused-ring (bicyclic) bond motifs is 1. The molecule has 0 amide bonds. The molecule has 4 rings (SSSR count). The van der Waals surface area contributed by atoms with Crippen LogP contribution in [0.3, 0.4) is 0 Å². The molecule has 0 aromatic heterocycles. The zero-order valence-electron chi connectivity index (χ0n) is 16.9. The Morgan fingerprint density at radius 1 is 0.933 bits per heavy atom. The van der Waals surface area contributed by atoms with Gasteiger partial charge in [-0.25, -0.2) is 8.42 Å². The predicted octanol–water partition coefficient (Wildman–Crippen LogP) is 4.17. The van der Waals surface area contributed by atoms with E-state index in [-0.39, 0.29) is 11.4 Å². The highest BCUT2D eigenvalue weighted by Crippen LogP contribution is 2.37. The van der Waals surface area contributed by atoms with Crippen molar-refractivity contribution in [2.45, 2.75) is 18.4 Å². The molecule has 0 unspecified atom stereocenters. The van der Waals surface area contributed by atoms with E-state index in [1.165, 1.54) is 17.5 Å². The standard InChI is InChI=1S/C23H23NO5S/c1-17-7-3-4-8-18(17)16-24(20-9-5-6-10-21(20)27-2)30(25,26)19-11-12-22-23(15-19)29-14-13-28-22/h3-12,15H,13-14,16H2,1-2H3. The lowest BCUT2D eigenvalue weighted by Gasteiger charge is -2.27. The maximum atomic E-state index is 13.8. The summed E-state index contributed by atoms with van der Waals surface area (Å²) in [6.07, 6.45) is 0. The first-order valence-electron chi connectivity index (χ1n) is 9.60. The van der Waals surface area contributed by atoms with E-state index in [1.54, 1.807) is 30.3 Å². The lowest BCUT2D eigenvalue weighted by molar-refractivity contribution is 0.171. The minimum Gasteiger partial charge on any atom is -0.495 e. The summed E-state index contributed by atoms with van der Waals surface area (Å²) >= 11 is 0. The van der Waals surface area contributed by atoms with Gasteiger partial charge in [0.1, 0.15) is 19.0 Å². The lowest BCUT2D eigenvalue weighted by atomic mass is 10.1. The number of hydrogen-bond donors (Lipinski definition) is 0. The van der Waals surface area contributed by atoms with Crippen LogP contribution in [-0.2, 0) is 16.6 Å². The number of hydrogen-bond acceptors (Lipinski definition) is 5. The Kier molecular flexibility index (Phi) is 5.55. The fourth-order valence-corrected chi connectivity index (χ4v) is 4.86. The minimum atomic E-state index is -3.92. The van der Waals surface area contributed by atoms with Crippen molar-refractivity contribution < 1.29 is 22.6 Å². The van der Waals surface area contributed by atoms with Gasteiger partial charge in [-0.05, 0) is 42.3 Å². The normalized spacial score (nSPS) is 13.0. The summed E-state index contributed by atoms with van der Waals surface area (Å²) < 4.78 is 45.5. The van der Waals surface area contributed by atoms with E-state index >= 15 is 0 Å². The first-order valence-corrected chi connectivity index (χ1v) is 11.0. The van der Waals surface area contributed by atoms with E-state index < -0.39 is 10.0 Å². The van der Waals surface area contributed by atoms with E-state index in [2.05, 4.69) is 0 Å². The molecule has 156 valence electrons. The highest BCUT2D eigenvalue weighted by atomic mass is 32.2. The number of rotatable bonds is 6. The van der Waals surface area contributed by atoms with Gasteiger partial charge in [0, 0.05) is 6.07 Å². The molecule has 7 heteroatoms. The molecular weight excluding hydrogens is 402 g/mol. The van der Waals surface area contributed by atoms with Crippen molar-refractivity contribution in [3.05, 3.63) is 77.9 Å². The second-order valence-electron chi connectivity index (χ2n) is 6.92. The molecule has 1 heterocycles. The highest BCUT2D eigenvalue weighted by molar-refractivity contribution is 7.92. The largest absolute Gasteiger partial charge is 0.495 e. The van der Waals surface area contributed by atoms with Crippen LogP contribution in [-0.4, -0.2) is 28.7 Å². The molecule has 0 N–H and O–H groups in total. The molecular formula is C23H23NO5S. The molecule has 0 saturated carbocycles. The molecule has 0 spiro atoms. The number of anilines is 1. The van der Waals surface area contributed by atoms with Gasteiger partial charge in [-0.2, -0.15) is 0 Å². The third kappa shape index (κ3) is 3.80. The van der Waals surface area contributed by atoms with Crippen LogP contribution in [0, 0.1) is 6.92 Å². The average molecular weight is 426 g/mol.